The molecule has 3 N–H and O–H groups in total. The lowest BCUT2D eigenvalue weighted by molar-refractivity contribution is -0.137. The van der Waals surface area contributed by atoms with E-state index in [0.29, 0.717) is 5.82 Å². The number of anilines is 1. The first-order valence-corrected chi connectivity index (χ1v) is 12.4. The van der Waals surface area contributed by atoms with Crippen molar-refractivity contribution in [1.29, 1.82) is 0 Å². The van der Waals surface area contributed by atoms with Gasteiger partial charge in [-0.05, 0) is 43.7 Å². The van der Waals surface area contributed by atoms with Crippen LogP contribution >= 0.6 is 12.4 Å². The van der Waals surface area contributed by atoms with E-state index in [4.69, 9.17) is 5.73 Å². The normalized spacial score (nSPS) is 11.2. The quantitative estimate of drug-likeness (QED) is 0.277. The molecule has 2 aromatic heterocycles. The van der Waals surface area contributed by atoms with E-state index in [1.807, 2.05) is 42.5 Å². The summed E-state index contributed by atoms with van der Waals surface area (Å²) < 4.78 is 1.66. The van der Waals surface area contributed by atoms with E-state index in [9.17, 15) is 14.4 Å². The van der Waals surface area contributed by atoms with E-state index >= 15 is 0 Å². The highest BCUT2D eigenvalue weighted by molar-refractivity contribution is 6.38. The standard InChI is InChI=1S/C29H30N6O3.ClH/c1-3-34(4-2)22-14-12-21(13-15-22)25-18-35(19-32-25)28-23(11-8-16-31-28)29(38)33-24(26(36)27(30)37)17-20-9-6-5-7-10-20;/h5-16,18-19,24H,3-4,17H2,1-2H3,(H2,30,37)(H,33,38);1H. The van der Waals surface area contributed by atoms with Gasteiger partial charge in [0.2, 0.25) is 5.78 Å². The number of aromatic nitrogens is 3. The third-order valence-corrected chi connectivity index (χ3v) is 6.30. The molecule has 9 nitrogen and oxygen atoms in total. The first kappa shape index (κ1) is 29.1. The number of primary amides is 1. The number of benzene rings is 2. The number of nitrogens with zero attached hydrogens (tertiary/aromatic N) is 4. The van der Waals surface area contributed by atoms with Gasteiger partial charge in [-0.15, -0.1) is 12.4 Å². The molecule has 0 aliphatic carbocycles. The minimum absolute atomic E-state index is 0. The van der Waals surface area contributed by atoms with E-state index in [-0.39, 0.29) is 24.4 Å². The van der Waals surface area contributed by atoms with Gasteiger partial charge in [0, 0.05) is 43.2 Å². The number of nitrogens with one attached hydrogen (secondary N) is 1. The second-order valence-electron chi connectivity index (χ2n) is 8.70. The van der Waals surface area contributed by atoms with Crippen molar-refractivity contribution in [2.24, 2.45) is 5.73 Å². The van der Waals surface area contributed by atoms with Crippen molar-refractivity contribution < 1.29 is 14.4 Å². The molecular weight excluding hydrogens is 516 g/mol. The molecule has 39 heavy (non-hydrogen) atoms. The lowest BCUT2D eigenvalue weighted by Crippen LogP contribution is -2.47. The van der Waals surface area contributed by atoms with Crippen molar-refractivity contribution >= 4 is 35.7 Å². The van der Waals surface area contributed by atoms with Gasteiger partial charge in [0.1, 0.15) is 12.4 Å². The summed E-state index contributed by atoms with van der Waals surface area (Å²) in [6.45, 7) is 6.08. The van der Waals surface area contributed by atoms with Gasteiger partial charge in [-0.25, -0.2) is 9.97 Å². The molecule has 4 aromatic rings. The molecule has 2 heterocycles. The largest absolute Gasteiger partial charge is 0.372 e. The Bertz CT molecular complexity index is 1420. The molecule has 0 aliphatic rings. The third kappa shape index (κ3) is 6.88. The van der Waals surface area contributed by atoms with Crippen LogP contribution in [-0.2, 0) is 16.0 Å². The number of pyridine rings is 1. The maximum absolute atomic E-state index is 13.3. The number of imidazole rings is 1. The topological polar surface area (TPSA) is 123 Å². The van der Waals surface area contributed by atoms with Crippen molar-refractivity contribution in [3.05, 3.63) is 96.6 Å². The summed E-state index contributed by atoms with van der Waals surface area (Å²) in [6, 6.07) is 19.3. The number of hydrogen-bond acceptors (Lipinski definition) is 6. The minimum atomic E-state index is -1.11. The van der Waals surface area contributed by atoms with Gasteiger partial charge < -0.3 is 16.0 Å². The molecule has 0 saturated carbocycles. The highest BCUT2D eigenvalue weighted by Gasteiger charge is 2.27. The van der Waals surface area contributed by atoms with Crippen LogP contribution in [0.25, 0.3) is 17.1 Å². The van der Waals surface area contributed by atoms with Crippen molar-refractivity contribution in [3.63, 3.8) is 0 Å². The number of nitrogens with two attached hydrogens (primary N) is 1. The zero-order valence-corrected chi connectivity index (χ0v) is 22.6. The number of Topliss-reactive ketones (excluding diaryl/α,β-unsaturated/α-hetero) is 1. The van der Waals surface area contributed by atoms with Crippen molar-refractivity contribution in [2.45, 2.75) is 26.3 Å². The molecule has 2 amide bonds. The Morgan fingerprint density at radius 1 is 0.949 bits per heavy atom. The van der Waals surface area contributed by atoms with Gasteiger partial charge >= 0.3 is 0 Å². The van der Waals surface area contributed by atoms with Crippen LogP contribution in [0.15, 0.2) is 85.5 Å². The summed E-state index contributed by atoms with van der Waals surface area (Å²) in [5.41, 5.74) is 9.05. The fourth-order valence-corrected chi connectivity index (χ4v) is 4.27. The van der Waals surface area contributed by atoms with Crippen LogP contribution in [0.2, 0.25) is 0 Å². The molecule has 2 aromatic carbocycles. The summed E-state index contributed by atoms with van der Waals surface area (Å²) >= 11 is 0. The van der Waals surface area contributed by atoms with Crippen molar-refractivity contribution in [3.8, 4) is 17.1 Å². The van der Waals surface area contributed by atoms with E-state index in [1.54, 1.807) is 35.4 Å². The lowest BCUT2D eigenvalue weighted by atomic mass is 10.0. The van der Waals surface area contributed by atoms with Crippen molar-refractivity contribution in [2.75, 3.05) is 18.0 Å². The van der Waals surface area contributed by atoms with Crippen LogP contribution in [0.4, 0.5) is 5.69 Å². The fourth-order valence-electron chi connectivity index (χ4n) is 4.27. The molecule has 1 atom stereocenters. The molecule has 0 fully saturated rings. The highest BCUT2D eigenvalue weighted by atomic mass is 35.5. The van der Waals surface area contributed by atoms with Crippen LogP contribution in [0.3, 0.4) is 0 Å². The zero-order chi connectivity index (χ0) is 27.1. The maximum Gasteiger partial charge on any atom is 0.287 e. The Hall–Kier alpha value is -4.50. The summed E-state index contributed by atoms with van der Waals surface area (Å²) in [6.07, 6.45) is 5.08. The monoisotopic (exact) mass is 546 g/mol. The zero-order valence-electron chi connectivity index (χ0n) is 21.8. The summed E-state index contributed by atoms with van der Waals surface area (Å²) in [5.74, 6) is -2.19. The second kappa shape index (κ2) is 13.3. The number of carbonyl (C=O) groups is 3. The molecule has 1 unspecified atom stereocenters. The van der Waals surface area contributed by atoms with Gasteiger partial charge in [0.15, 0.2) is 5.82 Å². The number of halogens is 1. The molecular formula is C29H31ClN6O3. The lowest BCUT2D eigenvalue weighted by Gasteiger charge is -2.20. The van der Waals surface area contributed by atoms with Gasteiger partial charge in [-0.3, -0.25) is 19.0 Å². The van der Waals surface area contributed by atoms with Crippen LogP contribution in [0.5, 0.6) is 0 Å². The Balaban J connectivity index is 0.00000420. The Morgan fingerprint density at radius 3 is 2.28 bits per heavy atom. The van der Waals surface area contributed by atoms with E-state index in [0.717, 1.165) is 35.6 Å². The minimum Gasteiger partial charge on any atom is -0.372 e. The number of ketones is 1. The molecule has 202 valence electrons. The number of rotatable bonds is 11. The predicted molar refractivity (Wildman–Crippen MR) is 153 cm³/mol. The summed E-state index contributed by atoms with van der Waals surface area (Å²) in [5, 5.41) is 2.67. The number of carbonyl (C=O) groups excluding carboxylic acids is 3. The first-order chi connectivity index (χ1) is 18.4. The predicted octanol–water partition coefficient (Wildman–Crippen LogP) is 3.60. The molecule has 10 heteroatoms. The molecule has 0 bridgehead atoms. The van der Waals surface area contributed by atoms with Gasteiger partial charge in [0.25, 0.3) is 11.8 Å². The summed E-state index contributed by atoms with van der Waals surface area (Å²) in [4.78, 5) is 48.6. The third-order valence-electron chi connectivity index (χ3n) is 6.30. The highest BCUT2D eigenvalue weighted by Crippen LogP contribution is 2.23. The van der Waals surface area contributed by atoms with Gasteiger partial charge in [-0.1, -0.05) is 42.5 Å². The van der Waals surface area contributed by atoms with Crippen LogP contribution in [0, 0.1) is 0 Å². The Labute approximate surface area is 233 Å². The Morgan fingerprint density at radius 2 is 1.64 bits per heavy atom. The molecule has 4 rings (SSSR count). The van der Waals surface area contributed by atoms with E-state index in [2.05, 4.69) is 46.2 Å². The second-order valence-corrected chi connectivity index (χ2v) is 8.70. The van der Waals surface area contributed by atoms with Crippen LogP contribution in [-0.4, -0.2) is 51.3 Å². The summed E-state index contributed by atoms with van der Waals surface area (Å²) in [7, 11) is 0. The smallest absolute Gasteiger partial charge is 0.287 e. The van der Waals surface area contributed by atoms with Crippen molar-refractivity contribution in [1.82, 2.24) is 19.9 Å². The van der Waals surface area contributed by atoms with E-state index < -0.39 is 23.6 Å². The molecule has 0 saturated heterocycles. The average molecular weight is 547 g/mol. The Kier molecular flexibility index (Phi) is 9.94. The van der Waals surface area contributed by atoms with Crippen LogP contribution in [0.1, 0.15) is 29.8 Å². The average Bonchev–Trinajstić information content (AvgIpc) is 3.44. The molecule has 0 aliphatic heterocycles. The molecule has 0 spiro atoms. The van der Waals surface area contributed by atoms with Gasteiger partial charge in [0.05, 0.1) is 11.3 Å². The SMILES string of the molecule is CCN(CC)c1ccc(-c2cn(-c3ncccc3C(=O)NC(Cc3ccccc3)C(=O)C(N)=O)cn2)cc1.Cl. The fraction of sp³-hybridized carbons (Fsp3) is 0.207. The first-order valence-electron chi connectivity index (χ1n) is 12.4. The van der Waals surface area contributed by atoms with Crippen LogP contribution < -0.4 is 16.0 Å². The molecule has 0 radical (unpaired) electrons. The van der Waals surface area contributed by atoms with Gasteiger partial charge in [-0.2, -0.15) is 0 Å². The number of hydrogen-bond donors (Lipinski definition) is 2. The number of amides is 2. The maximum atomic E-state index is 13.3. The van der Waals surface area contributed by atoms with E-state index in [1.165, 1.54) is 0 Å².